The zero-order chi connectivity index (χ0) is 24.1. The van der Waals surface area contributed by atoms with Crippen molar-refractivity contribution in [3.8, 4) is 10.8 Å². The monoisotopic (exact) mass is 499 g/mol. The zero-order valence-corrected chi connectivity index (χ0v) is 19.9. The van der Waals surface area contributed by atoms with Gasteiger partial charge in [0, 0.05) is 13.1 Å². The van der Waals surface area contributed by atoms with Crippen molar-refractivity contribution in [2.45, 2.75) is 31.3 Å². The van der Waals surface area contributed by atoms with Crippen molar-refractivity contribution in [2.24, 2.45) is 0 Å². The molecule has 0 aliphatic rings. The van der Waals surface area contributed by atoms with E-state index in [4.69, 9.17) is 4.42 Å². The molecule has 2 N–H and O–H groups in total. The average Bonchev–Trinajstić information content (AvgIpc) is 3.47. The summed E-state index contributed by atoms with van der Waals surface area (Å²) in [6.07, 6.45) is 0.0495. The molecule has 0 bridgehead atoms. The van der Waals surface area contributed by atoms with Crippen molar-refractivity contribution in [1.29, 1.82) is 0 Å². The predicted molar refractivity (Wildman–Crippen MR) is 127 cm³/mol. The molecular weight excluding hydrogens is 477 g/mol. The number of halogens is 1. The van der Waals surface area contributed by atoms with Crippen LogP contribution in [0.2, 0.25) is 0 Å². The van der Waals surface area contributed by atoms with Crippen LogP contribution in [0.5, 0.6) is 0 Å². The largest absolute Gasteiger partial charge is 0.440 e. The molecule has 2 heterocycles. The van der Waals surface area contributed by atoms with Gasteiger partial charge in [-0.1, -0.05) is 30.3 Å². The maximum absolute atomic E-state index is 13.3. The fourth-order valence-electron chi connectivity index (χ4n) is 3.24. The van der Waals surface area contributed by atoms with Crippen molar-refractivity contribution in [3.63, 3.8) is 0 Å². The molecule has 1 amide bonds. The van der Waals surface area contributed by atoms with Gasteiger partial charge in [0.05, 0.1) is 21.9 Å². The molecule has 34 heavy (non-hydrogen) atoms. The van der Waals surface area contributed by atoms with Crippen LogP contribution in [0.25, 0.3) is 10.8 Å². The maximum atomic E-state index is 13.3. The number of nitrogens with one attached hydrogen (secondary N) is 2. The van der Waals surface area contributed by atoms with Crippen LogP contribution in [-0.4, -0.2) is 19.3 Å². The van der Waals surface area contributed by atoms with Crippen LogP contribution in [0.3, 0.4) is 0 Å². The molecule has 7 nitrogen and oxygen atoms in total. The normalized spacial score (nSPS) is 11.5. The van der Waals surface area contributed by atoms with E-state index in [-0.39, 0.29) is 30.3 Å². The number of aryl methyl sites for hydroxylation is 1. The van der Waals surface area contributed by atoms with Gasteiger partial charge in [0.2, 0.25) is 21.8 Å². The summed E-state index contributed by atoms with van der Waals surface area (Å²) in [5.41, 5.74) is 1.69. The molecule has 0 atom stereocenters. The smallest absolute Gasteiger partial charge is 0.240 e. The number of benzene rings is 2. The third-order valence-electron chi connectivity index (χ3n) is 5.01. The number of amides is 1. The van der Waals surface area contributed by atoms with E-state index in [1.165, 1.54) is 41.7 Å². The van der Waals surface area contributed by atoms with Crippen LogP contribution in [0, 0.1) is 12.7 Å². The van der Waals surface area contributed by atoms with Crippen LogP contribution < -0.4 is 10.0 Å². The Hall–Kier alpha value is -3.34. The first-order valence-electron chi connectivity index (χ1n) is 10.4. The lowest BCUT2D eigenvalue weighted by atomic mass is 10.2. The molecular formula is C24H22FN3O4S2. The maximum Gasteiger partial charge on any atom is 0.240 e. The lowest BCUT2D eigenvalue weighted by molar-refractivity contribution is -0.120. The zero-order valence-electron chi connectivity index (χ0n) is 18.2. The van der Waals surface area contributed by atoms with Gasteiger partial charge in [-0.15, -0.1) is 11.3 Å². The van der Waals surface area contributed by atoms with Gasteiger partial charge < -0.3 is 9.73 Å². The molecule has 0 aliphatic carbocycles. The van der Waals surface area contributed by atoms with Crippen molar-refractivity contribution in [3.05, 3.63) is 94.4 Å². The van der Waals surface area contributed by atoms with E-state index in [9.17, 15) is 17.6 Å². The van der Waals surface area contributed by atoms with Gasteiger partial charge in [-0.25, -0.2) is 22.5 Å². The van der Waals surface area contributed by atoms with Gasteiger partial charge in [0.25, 0.3) is 0 Å². The molecule has 4 aromatic rings. The highest BCUT2D eigenvalue weighted by Gasteiger charge is 2.17. The first-order valence-corrected chi connectivity index (χ1v) is 12.8. The fraction of sp³-hybridized carbons (Fsp3) is 0.167. The molecule has 0 spiro atoms. The molecule has 10 heteroatoms. The fourth-order valence-corrected chi connectivity index (χ4v) is 4.98. The van der Waals surface area contributed by atoms with E-state index < -0.39 is 15.8 Å². The quantitative estimate of drug-likeness (QED) is 0.360. The highest BCUT2D eigenvalue weighted by Crippen LogP contribution is 2.26. The molecule has 0 saturated heterocycles. The number of rotatable bonds is 9. The summed E-state index contributed by atoms with van der Waals surface area (Å²) in [6.45, 7) is 1.88. The van der Waals surface area contributed by atoms with E-state index in [0.717, 1.165) is 4.88 Å². The van der Waals surface area contributed by atoms with Crippen molar-refractivity contribution in [2.75, 3.05) is 0 Å². The Morgan fingerprint density at radius 1 is 1.06 bits per heavy atom. The molecule has 176 valence electrons. The second kappa shape index (κ2) is 10.3. The molecule has 2 aromatic carbocycles. The summed E-state index contributed by atoms with van der Waals surface area (Å²) in [7, 11) is -3.81. The van der Waals surface area contributed by atoms with E-state index in [1.54, 1.807) is 25.1 Å². The number of carbonyl (C=O) groups is 1. The van der Waals surface area contributed by atoms with E-state index in [0.29, 0.717) is 28.5 Å². The SMILES string of the molecule is Cc1oc(-c2cccs2)nc1CC(=O)NCc1cccc(S(=O)(=O)NCc2cccc(F)c2)c1. The summed E-state index contributed by atoms with van der Waals surface area (Å²) in [5, 5.41) is 4.71. The first kappa shape index (κ1) is 23.8. The number of hydrogen-bond acceptors (Lipinski definition) is 6. The van der Waals surface area contributed by atoms with Crippen molar-refractivity contribution in [1.82, 2.24) is 15.0 Å². The van der Waals surface area contributed by atoms with E-state index in [1.807, 2.05) is 17.5 Å². The van der Waals surface area contributed by atoms with Crippen molar-refractivity contribution >= 4 is 27.3 Å². The molecule has 0 radical (unpaired) electrons. The van der Waals surface area contributed by atoms with Gasteiger partial charge in [-0.3, -0.25) is 4.79 Å². The summed E-state index contributed by atoms with van der Waals surface area (Å²) < 4.78 is 46.7. The Morgan fingerprint density at radius 3 is 2.56 bits per heavy atom. The number of carbonyl (C=O) groups excluding carboxylic acids is 1. The highest BCUT2D eigenvalue weighted by molar-refractivity contribution is 7.89. The second-order valence-electron chi connectivity index (χ2n) is 7.55. The lowest BCUT2D eigenvalue weighted by Gasteiger charge is -2.09. The van der Waals surface area contributed by atoms with Crippen LogP contribution in [0.4, 0.5) is 4.39 Å². The Bertz CT molecular complexity index is 1400. The Kier molecular flexibility index (Phi) is 7.20. The van der Waals surface area contributed by atoms with Crippen LogP contribution in [0.1, 0.15) is 22.6 Å². The van der Waals surface area contributed by atoms with Gasteiger partial charge in [-0.05, 0) is 53.8 Å². The van der Waals surface area contributed by atoms with E-state index in [2.05, 4.69) is 15.0 Å². The number of sulfonamides is 1. The molecule has 4 rings (SSSR count). The van der Waals surface area contributed by atoms with Gasteiger partial charge >= 0.3 is 0 Å². The third kappa shape index (κ3) is 5.96. The Labute approximate surface area is 200 Å². The predicted octanol–water partition coefficient (Wildman–Crippen LogP) is 4.19. The standard InChI is InChI=1S/C24H22FN3O4S2/c1-16-21(28-24(32-16)22-9-4-10-33-22)13-23(29)26-14-18-6-3-8-20(12-18)34(30,31)27-15-17-5-2-7-19(25)11-17/h2-12,27H,13-15H2,1H3,(H,26,29). The average molecular weight is 500 g/mol. The topological polar surface area (TPSA) is 101 Å². The summed E-state index contributed by atoms with van der Waals surface area (Å²) in [6, 6.07) is 15.8. The van der Waals surface area contributed by atoms with Crippen LogP contribution >= 0.6 is 11.3 Å². The highest BCUT2D eigenvalue weighted by atomic mass is 32.2. The lowest BCUT2D eigenvalue weighted by Crippen LogP contribution is -2.26. The van der Waals surface area contributed by atoms with Crippen molar-refractivity contribution < 1.29 is 22.0 Å². The molecule has 0 saturated carbocycles. The minimum Gasteiger partial charge on any atom is -0.440 e. The minimum absolute atomic E-state index is 0.0361. The number of thiophene rings is 1. The number of aromatic nitrogens is 1. The Balaban J connectivity index is 1.35. The number of hydrogen-bond donors (Lipinski definition) is 2. The van der Waals surface area contributed by atoms with E-state index >= 15 is 0 Å². The van der Waals surface area contributed by atoms with Crippen LogP contribution in [-0.2, 0) is 34.3 Å². The minimum atomic E-state index is -3.81. The van der Waals surface area contributed by atoms with Gasteiger partial charge in [0.15, 0.2) is 0 Å². The third-order valence-corrected chi connectivity index (χ3v) is 7.26. The number of nitrogens with zero attached hydrogens (tertiary/aromatic N) is 1. The Morgan fingerprint density at radius 2 is 1.82 bits per heavy atom. The van der Waals surface area contributed by atoms with Gasteiger partial charge in [0.1, 0.15) is 11.6 Å². The van der Waals surface area contributed by atoms with Gasteiger partial charge in [-0.2, -0.15) is 0 Å². The summed E-state index contributed by atoms with van der Waals surface area (Å²) >= 11 is 1.50. The molecule has 0 fully saturated rings. The number of oxazole rings is 1. The molecule has 0 aliphatic heterocycles. The molecule has 2 aromatic heterocycles. The van der Waals surface area contributed by atoms with Crippen LogP contribution in [0.15, 0.2) is 75.4 Å². The first-order chi connectivity index (χ1) is 16.3. The summed E-state index contributed by atoms with van der Waals surface area (Å²) in [5.74, 6) is 0.375. The summed E-state index contributed by atoms with van der Waals surface area (Å²) in [4.78, 5) is 17.8. The molecule has 0 unspecified atom stereocenters. The second-order valence-corrected chi connectivity index (χ2v) is 10.3.